The van der Waals surface area contributed by atoms with Crippen molar-refractivity contribution in [2.45, 2.75) is 57.3 Å². The number of aliphatic hydroxyl groups excluding tert-OH is 1. The van der Waals surface area contributed by atoms with Gasteiger partial charge in [-0.2, -0.15) is 0 Å². The number of hydrogen-bond donors (Lipinski definition) is 4. The molecule has 0 aromatic heterocycles. The molecule has 0 fully saturated rings. The normalized spacial score (nSPS) is 13.4. The molecule has 10 heteroatoms. The maximum absolute atomic E-state index is 13.2. The van der Waals surface area contributed by atoms with Crippen LogP contribution in [0.2, 0.25) is 0 Å². The van der Waals surface area contributed by atoms with Crippen molar-refractivity contribution >= 4 is 23.9 Å². The van der Waals surface area contributed by atoms with E-state index < -0.39 is 42.0 Å². The molecule has 226 valence electrons. The van der Waals surface area contributed by atoms with Gasteiger partial charge in [0.25, 0.3) is 0 Å². The minimum Gasteiger partial charge on any atom is -0.462 e. The zero-order valence-corrected chi connectivity index (χ0v) is 24.0. The molecule has 0 saturated heterocycles. The van der Waals surface area contributed by atoms with Crippen molar-refractivity contribution in [3.8, 4) is 0 Å². The Morgan fingerprint density at radius 1 is 0.857 bits per heavy atom. The van der Waals surface area contributed by atoms with Gasteiger partial charge in [-0.25, -0.2) is 9.59 Å². The first kappa shape index (κ1) is 33.8. The van der Waals surface area contributed by atoms with E-state index >= 15 is 0 Å². The molecule has 0 aliphatic heterocycles. The average Bonchev–Trinajstić information content (AvgIpc) is 2.99. The van der Waals surface area contributed by atoms with E-state index in [1.807, 2.05) is 60.7 Å². The minimum absolute atomic E-state index is 0.0382. The Hall–Kier alpha value is -4.44. The number of ether oxygens (including phenoxy) is 2. The Bertz CT molecular complexity index is 1160. The number of benzene rings is 2. The number of allylic oxidation sites excluding steroid dienone is 1. The molecule has 0 spiro atoms. The second kappa shape index (κ2) is 18.8. The first-order valence-electron chi connectivity index (χ1n) is 13.9. The van der Waals surface area contributed by atoms with Crippen molar-refractivity contribution in [1.29, 1.82) is 0 Å². The van der Waals surface area contributed by atoms with E-state index in [1.165, 1.54) is 6.08 Å². The fraction of sp³-hybridized carbons (Fsp3) is 0.375. The summed E-state index contributed by atoms with van der Waals surface area (Å²) in [6.45, 7) is 8.63. The monoisotopic (exact) mass is 579 g/mol. The maximum Gasteiger partial charge on any atom is 0.408 e. The van der Waals surface area contributed by atoms with Crippen LogP contribution in [0, 0.1) is 5.92 Å². The van der Waals surface area contributed by atoms with Crippen LogP contribution in [-0.4, -0.2) is 60.3 Å². The Morgan fingerprint density at radius 2 is 1.48 bits per heavy atom. The predicted octanol–water partition coefficient (Wildman–Crippen LogP) is 3.21. The fourth-order valence-electron chi connectivity index (χ4n) is 4.03. The van der Waals surface area contributed by atoms with Crippen LogP contribution < -0.4 is 16.0 Å². The number of nitrogens with one attached hydrogen (secondary N) is 3. The summed E-state index contributed by atoms with van der Waals surface area (Å²) < 4.78 is 10.8. The Kier molecular flexibility index (Phi) is 15.1. The van der Waals surface area contributed by atoms with Gasteiger partial charge >= 0.3 is 12.1 Å². The molecule has 3 amide bonds. The summed E-state index contributed by atoms with van der Waals surface area (Å²) in [7, 11) is 0. The molecule has 0 heterocycles. The van der Waals surface area contributed by atoms with Crippen LogP contribution in [-0.2, 0) is 36.9 Å². The van der Waals surface area contributed by atoms with Crippen LogP contribution in [0.4, 0.5) is 4.79 Å². The molecular formula is C32H41N3O7. The zero-order chi connectivity index (χ0) is 30.7. The molecule has 0 radical (unpaired) electrons. The number of esters is 1. The number of alkyl carbamates (subject to hydrolysis) is 1. The molecule has 4 N–H and O–H groups in total. The van der Waals surface area contributed by atoms with E-state index in [9.17, 15) is 24.3 Å². The summed E-state index contributed by atoms with van der Waals surface area (Å²) in [6, 6.07) is 16.4. The van der Waals surface area contributed by atoms with Gasteiger partial charge in [0.05, 0.1) is 18.6 Å². The van der Waals surface area contributed by atoms with Gasteiger partial charge in [-0.3, -0.25) is 9.59 Å². The van der Waals surface area contributed by atoms with Crippen LogP contribution >= 0.6 is 0 Å². The van der Waals surface area contributed by atoms with E-state index in [-0.39, 0.29) is 45.0 Å². The van der Waals surface area contributed by atoms with E-state index in [0.717, 1.165) is 11.1 Å². The zero-order valence-electron chi connectivity index (χ0n) is 24.0. The van der Waals surface area contributed by atoms with Crippen molar-refractivity contribution in [3.05, 3.63) is 97.1 Å². The number of carbonyl (C=O) groups is 4. The van der Waals surface area contributed by atoms with E-state index in [2.05, 4.69) is 29.1 Å². The Morgan fingerprint density at radius 3 is 2.07 bits per heavy atom. The molecule has 0 aliphatic rings. The lowest BCUT2D eigenvalue weighted by atomic mass is 9.98. The third kappa shape index (κ3) is 12.8. The number of rotatable bonds is 18. The topological polar surface area (TPSA) is 143 Å². The summed E-state index contributed by atoms with van der Waals surface area (Å²) in [4.78, 5) is 50.9. The molecule has 0 saturated carbocycles. The van der Waals surface area contributed by atoms with Gasteiger partial charge in [0.2, 0.25) is 11.8 Å². The number of aliphatic hydroxyl groups is 1. The number of amides is 3. The lowest BCUT2D eigenvalue weighted by molar-refractivity contribution is -0.147. The molecular weight excluding hydrogens is 538 g/mol. The molecule has 42 heavy (non-hydrogen) atoms. The van der Waals surface area contributed by atoms with Crippen molar-refractivity contribution in [2.75, 3.05) is 13.2 Å². The quantitative estimate of drug-likeness (QED) is 0.157. The van der Waals surface area contributed by atoms with Crippen molar-refractivity contribution < 1.29 is 33.8 Å². The third-order valence-electron chi connectivity index (χ3n) is 6.22. The highest BCUT2D eigenvalue weighted by Crippen LogP contribution is 2.13. The minimum atomic E-state index is -1.04. The van der Waals surface area contributed by atoms with E-state index in [1.54, 1.807) is 13.0 Å². The van der Waals surface area contributed by atoms with Crippen molar-refractivity contribution in [3.63, 3.8) is 0 Å². The summed E-state index contributed by atoms with van der Waals surface area (Å²) in [5.41, 5.74) is 1.70. The smallest absolute Gasteiger partial charge is 0.408 e. The SMILES string of the molecule is C=CC[C@H](CC(=O)N[C@H](C)CO)C(=O)N[C@H](COC(=O)[C@@H](CC=C)NC(=O)OCc1ccccc1)Cc1ccccc1. The first-order valence-corrected chi connectivity index (χ1v) is 13.9. The molecule has 2 aromatic carbocycles. The molecule has 2 aromatic rings. The molecule has 2 rings (SSSR count). The Balaban J connectivity index is 2.05. The highest BCUT2D eigenvalue weighted by molar-refractivity contribution is 5.86. The fourth-order valence-corrected chi connectivity index (χ4v) is 4.03. The van der Waals surface area contributed by atoms with Gasteiger partial charge in [-0.1, -0.05) is 72.8 Å². The van der Waals surface area contributed by atoms with Gasteiger partial charge in [0.1, 0.15) is 19.3 Å². The molecule has 0 bridgehead atoms. The van der Waals surface area contributed by atoms with Crippen molar-refractivity contribution in [2.24, 2.45) is 5.92 Å². The van der Waals surface area contributed by atoms with Crippen LogP contribution in [0.5, 0.6) is 0 Å². The van der Waals surface area contributed by atoms with Gasteiger partial charge in [-0.15, -0.1) is 13.2 Å². The summed E-state index contributed by atoms with van der Waals surface area (Å²) >= 11 is 0. The van der Waals surface area contributed by atoms with E-state index in [0.29, 0.717) is 6.42 Å². The summed E-state index contributed by atoms with van der Waals surface area (Å²) in [6.07, 6.45) is 2.87. The maximum atomic E-state index is 13.2. The lowest BCUT2D eigenvalue weighted by Gasteiger charge is -2.24. The Labute approximate surface area is 247 Å². The summed E-state index contributed by atoms with van der Waals surface area (Å²) in [5.74, 6) is -2.19. The highest BCUT2D eigenvalue weighted by Gasteiger charge is 2.27. The third-order valence-corrected chi connectivity index (χ3v) is 6.22. The van der Waals surface area contributed by atoms with Gasteiger partial charge < -0.3 is 30.5 Å². The molecule has 0 unspecified atom stereocenters. The van der Waals surface area contributed by atoms with Crippen molar-refractivity contribution in [1.82, 2.24) is 16.0 Å². The van der Waals surface area contributed by atoms with Gasteiger partial charge in [0, 0.05) is 12.5 Å². The largest absolute Gasteiger partial charge is 0.462 e. The molecule has 4 atom stereocenters. The second-order valence-corrected chi connectivity index (χ2v) is 9.88. The average molecular weight is 580 g/mol. The van der Waals surface area contributed by atoms with Crippen LogP contribution in [0.25, 0.3) is 0 Å². The second-order valence-electron chi connectivity index (χ2n) is 9.88. The van der Waals surface area contributed by atoms with E-state index in [4.69, 9.17) is 9.47 Å². The standard InChI is InChI=1S/C32H41N3O7/c1-4-12-26(19-29(37)33-23(3)20-36)30(38)34-27(18-24-14-8-6-9-15-24)22-41-31(39)28(13-5-2)35-32(40)42-21-25-16-10-7-11-17-25/h4-11,14-17,23,26-28,36H,1-2,12-13,18-22H2,3H3,(H,33,37)(H,34,38)(H,35,40)/t23-,26-,27+,28-/m1/s1. The number of carbonyl (C=O) groups excluding carboxylic acids is 4. The highest BCUT2D eigenvalue weighted by atomic mass is 16.6. The summed E-state index contributed by atoms with van der Waals surface area (Å²) in [5, 5.41) is 17.3. The number of hydrogen-bond acceptors (Lipinski definition) is 7. The first-order chi connectivity index (χ1) is 20.2. The van der Waals surface area contributed by atoms with Gasteiger partial charge in [-0.05, 0) is 37.3 Å². The molecule has 10 nitrogen and oxygen atoms in total. The predicted molar refractivity (Wildman–Crippen MR) is 159 cm³/mol. The van der Waals surface area contributed by atoms with Crippen LogP contribution in [0.1, 0.15) is 37.3 Å². The van der Waals surface area contributed by atoms with Gasteiger partial charge in [0.15, 0.2) is 0 Å². The molecule has 0 aliphatic carbocycles. The van der Waals surface area contributed by atoms with Crippen LogP contribution in [0.3, 0.4) is 0 Å². The lowest BCUT2D eigenvalue weighted by Crippen LogP contribution is -2.47. The van der Waals surface area contributed by atoms with Crippen LogP contribution in [0.15, 0.2) is 86.0 Å².